The normalized spacial score (nSPS) is 10.5. The molecule has 78 valence electrons. The standard InChI is InChI=1S/C11H11FN2S/c12-10-3-1-2-9(8-10)4-6-14-7-5-13-11(14)15/h1-3,5,7-8H,4,6H2,(H,13,15). The monoisotopic (exact) mass is 222 g/mol. The van der Waals surface area contributed by atoms with Crippen molar-refractivity contribution in [2.45, 2.75) is 13.0 Å². The molecule has 0 unspecified atom stereocenters. The summed E-state index contributed by atoms with van der Waals surface area (Å²) in [7, 11) is 0. The van der Waals surface area contributed by atoms with Crippen LogP contribution in [0, 0.1) is 10.6 Å². The zero-order chi connectivity index (χ0) is 10.7. The average molecular weight is 222 g/mol. The Morgan fingerprint density at radius 3 is 2.93 bits per heavy atom. The van der Waals surface area contributed by atoms with E-state index in [2.05, 4.69) is 4.98 Å². The molecule has 2 aromatic rings. The Morgan fingerprint density at radius 1 is 1.40 bits per heavy atom. The van der Waals surface area contributed by atoms with Crippen LogP contribution in [0.1, 0.15) is 5.56 Å². The molecule has 0 saturated heterocycles. The van der Waals surface area contributed by atoms with Crippen molar-refractivity contribution in [3.63, 3.8) is 0 Å². The van der Waals surface area contributed by atoms with E-state index < -0.39 is 0 Å². The number of hydrogen-bond acceptors (Lipinski definition) is 1. The van der Waals surface area contributed by atoms with E-state index in [1.165, 1.54) is 6.07 Å². The Labute approximate surface area is 92.4 Å². The first-order valence-corrected chi connectivity index (χ1v) is 5.15. The van der Waals surface area contributed by atoms with Gasteiger partial charge in [-0.3, -0.25) is 0 Å². The second-order valence-electron chi connectivity index (χ2n) is 3.34. The molecule has 0 atom stereocenters. The van der Waals surface area contributed by atoms with Crippen LogP contribution in [0.25, 0.3) is 0 Å². The molecule has 2 nitrogen and oxygen atoms in total. The highest BCUT2D eigenvalue weighted by molar-refractivity contribution is 7.71. The van der Waals surface area contributed by atoms with Gasteiger partial charge in [0.05, 0.1) is 0 Å². The van der Waals surface area contributed by atoms with Crippen LogP contribution in [0.5, 0.6) is 0 Å². The fourth-order valence-corrected chi connectivity index (χ4v) is 1.69. The predicted octanol–water partition coefficient (Wildman–Crippen LogP) is 2.93. The summed E-state index contributed by atoms with van der Waals surface area (Å²) in [5.41, 5.74) is 0.984. The van der Waals surface area contributed by atoms with Gasteiger partial charge in [-0.15, -0.1) is 0 Å². The molecule has 0 radical (unpaired) electrons. The Kier molecular flexibility index (Phi) is 2.97. The highest BCUT2D eigenvalue weighted by Gasteiger charge is 1.97. The maximum atomic E-state index is 12.9. The predicted molar refractivity (Wildman–Crippen MR) is 59.7 cm³/mol. The molecule has 2 rings (SSSR count). The van der Waals surface area contributed by atoms with Gasteiger partial charge in [0, 0.05) is 18.9 Å². The molecule has 0 amide bonds. The van der Waals surface area contributed by atoms with Crippen LogP contribution in [0.2, 0.25) is 0 Å². The number of aromatic nitrogens is 2. The lowest BCUT2D eigenvalue weighted by Crippen LogP contribution is -2.00. The van der Waals surface area contributed by atoms with E-state index in [0.29, 0.717) is 4.77 Å². The lowest BCUT2D eigenvalue weighted by molar-refractivity contribution is 0.621. The van der Waals surface area contributed by atoms with Crippen molar-refractivity contribution in [3.05, 3.63) is 52.8 Å². The molecule has 1 heterocycles. The molecule has 0 aliphatic rings. The van der Waals surface area contributed by atoms with Crippen LogP contribution in [0.15, 0.2) is 36.7 Å². The molecule has 4 heteroatoms. The number of imidazole rings is 1. The summed E-state index contributed by atoms with van der Waals surface area (Å²) in [5.74, 6) is -0.190. The van der Waals surface area contributed by atoms with Gasteiger partial charge in [0.25, 0.3) is 0 Å². The van der Waals surface area contributed by atoms with Crippen molar-refractivity contribution >= 4 is 12.2 Å². The summed E-state index contributed by atoms with van der Waals surface area (Å²) in [5, 5.41) is 0. The largest absolute Gasteiger partial charge is 0.337 e. The molecular formula is C11H11FN2S. The van der Waals surface area contributed by atoms with Gasteiger partial charge >= 0.3 is 0 Å². The second-order valence-corrected chi connectivity index (χ2v) is 3.73. The van der Waals surface area contributed by atoms with Crippen molar-refractivity contribution in [2.75, 3.05) is 0 Å². The van der Waals surface area contributed by atoms with Crippen molar-refractivity contribution in [2.24, 2.45) is 0 Å². The summed E-state index contributed by atoms with van der Waals surface area (Å²) < 4.78 is 15.5. The molecule has 0 fully saturated rings. The minimum absolute atomic E-state index is 0.190. The van der Waals surface area contributed by atoms with Crippen LogP contribution in [0.4, 0.5) is 4.39 Å². The first-order chi connectivity index (χ1) is 7.25. The van der Waals surface area contributed by atoms with E-state index >= 15 is 0 Å². The van der Waals surface area contributed by atoms with Crippen LogP contribution in [-0.2, 0) is 13.0 Å². The molecule has 0 aliphatic heterocycles. The fraction of sp³-hybridized carbons (Fsp3) is 0.182. The van der Waals surface area contributed by atoms with E-state index in [0.717, 1.165) is 18.5 Å². The van der Waals surface area contributed by atoms with E-state index in [1.54, 1.807) is 18.3 Å². The maximum absolute atomic E-state index is 12.9. The quantitative estimate of drug-likeness (QED) is 0.792. The summed E-state index contributed by atoms with van der Waals surface area (Å²) in [6, 6.07) is 6.64. The molecule has 0 spiro atoms. The van der Waals surface area contributed by atoms with Gasteiger partial charge in [-0.05, 0) is 36.3 Å². The SMILES string of the molecule is Fc1cccc(CCn2cc[nH]c2=S)c1. The van der Waals surface area contributed by atoms with Gasteiger partial charge in [-0.2, -0.15) is 0 Å². The van der Waals surface area contributed by atoms with Crippen LogP contribution in [0.3, 0.4) is 0 Å². The second kappa shape index (κ2) is 4.40. The summed E-state index contributed by atoms with van der Waals surface area (Å²) in [6.45, 7) is 0.770. The van der Waals surface area contributed by atoms with Gasteiger partial charge in [0.15, 0.2) is 4.77 Å². The smallest absolute Gasteiger partial charge is 0.177 e. The average Bonchev–Trinajstić information content (AvgIpc) is 2.61. The van der Waals surface area contributed by atoms with Gasteiger partial charge in [-0.25, -0.2) is 4.39 Å². The topological polar surface area (TPSA) is 20.7 Å². The van der Waals surface area contributed by atoms with Crippen molar-refractivity contribution in [1.29, 1.82) is 0 Å². The molecular weight excluding hydrogens is 211 g/mol. The maximum Gasteiger partial charge on any atom is 0.177 e. The third-order valence-corrected chi connectivity index (χ3v) is 2.60. The van der Waals surface area contributed by atoms with Gasteiger partial charge in [0.2, 0.25) is 0 Å². The van der Waals surface area contributed by atoms with Gasteiger partial charge < -0.3 is 9.55 Å². The molecule has 15 heavy (non-hydrogen) atoms. The highest BCUT2D eigenvalue weighted by Crippen LogP contribution is 2.05. The Balaban J connectivity index is 2.05. The van der Waals surface area contributed by atoms with E-state index in [1.807, 2.05) is 16.8 Å². The minimum atomic E-state index is -0.190. The van der Waals surface area contributed by atoms with Crippen molar-refractivity contribution < 1.29 is 4.39 Å². The third-order valence-electron chi connectivity index (χ3n) is 2.25. The Morgan fingerprint density at radius 2 is 2.27 bits per heavy atom. The van der Waals surface area contributed by atoms with E-state index in [4.69, 9.17) is 12.2 Å². The van der Waals surface area contributed by atoms with Crippen molar-refractivity contribution in [3.8, 4) is 0 Å². The number of nitrogens with one attached hydrogen (secondary N) is 1. The fourth-order valence-electron chi connectivity index (χ4n) is 1.47. The lowest BCUT2D eigenvalue weighted by atomic mass is 10.1. The first kappa shape index (κ1) is 10.1. The summed E-state index contributed by atoms with van der Waals surface area (Å²) in [4.78, 5) is 2.92. The Hall–Kier alpha value is -1.42. The molecule has 0 saturated carbocycles. The molecule has 1 aromatic carbocycles. The minimum Gasteiger partial charge on any atom is -0.337 e. The van der Waals surface area contributed by atoms with Crippen LogP contribution in [-0.4, -0.2) is 9.55 Å². The van der Waals surface area contributed by atoms with Crippen LogP contribution >= 0.6 is 12.2 Å². The number of hydrogen-bond donors (Lipinski definition) is 1. The number of nitrogens with zero attached hydrogens (tertiary/aromatic N) is 1. The Bertz CT molecular complexity index is 501. The molecule has 0 bridgehead atoms. The zero-order valence-electron chi connectivity index (χ0n) is 8.11. The van der Waals surface area contributed by atoms with E-state index in [9.17, 15) is 4.39 Å². The first-order valence-electron chi connectivity index (χ1n) is 4.74. The molecule has 0 aliphatic carbocycles. The van der Waals surface area contributed by atoms with Gasteiger partial charge in [0.1, 0.15) is 5.82 Å². The van der Waals surface area contributed by atoms with Crippen LogP contribution < -0.4 is 0 Å². The number of halogens is 1. The number of rotatable bonds is 3. The number of benzene rings is 1. The van der Waals surface area contributed by atoms with Crippen molar-refractivity contribution in [1.82, 2.24) is 9.55 Å². The number of aromatic amines is 1. The molecule has 1 aromatic heterocycles. The summed E-state index contributed by atoms with van der Waals surface area (Å²) >= 11 is 5.06. The highest BCUT2D eigenvalue weighted by atomic mass is 32.1. The van der Waals surface area contributed by atoms with E-state index in [-0.39, 0.29) is 5.82 Å². The number of H-pyrrole nitrogens is 1. The number of aryl methyl sites for hydroxylation is 2. The summed E-state index contributed by atoms with van der Waals surface area (Å²) in [6.07, 6.45) is 4.47. The zero-order valence-corrected chi connectivity index (χ0v) is 8.93. The third kappa shape index (κ3) is 2.53. The van der Waals surface area contributed by atoms with Gasteiger partial charge in [-0.1, -0.05) is 12.1 Å². The molecule has 1 N–H and O–H groups in total. The lowest BCUT2D eigenvalue weighted by Gasteiger charge is -2.02.